The summed E-state index contributed by atoms with van der Waals surface area (Å²) >= 11 is 20.2. The van der Waals surface area contributed by atoms with E-state index in [1.54, 1.807) is 25.7 Å². The molecule has 0 radical (unpaired) electrons. The Kier molecular flexibility index (Phi) is 21.3. The highest BCUT2D eigenvalue weighted by atomic mass is 35.9. The maximum Gasteiger partial charge on any atom is 0.217 e. The Hall–Kier alpha value is 2.45. The van der Waals surface area contributed by atoms with Gasteiger partial charge in [0.15, 0.2) is 0 Å². The number of hydrogen-bond donors (Lipinski definition) is 0. The molecule has 0 aromatic rings. The summed E-state index contributed by atoms with van der Waals surface area (Å²) in [6.45, 7) is 0. The van der Waals surface area contributed by atoms with E-state index < -0.39 is 5.97 Å². The van der Waals surface area contributed by atoms with Crippen LogP contribution in [-0.2, 0) is 0 Å². The van der Waals surface area contributed by atoms with Gasteiger partial charge in [-0.3, -0.25) is 0 Å². The van der Waals surface area contributed by atoms with Crippen LogP contribution in [0.3, 0.4) is 0 Å². The molecular weight excluding hydrogens is 667 g/mol. The summed E-state index contributed by atoms with van der Waals surface area (Å²) in [7, 11) is 1.19. The largest absolute Gasteiger partial charge is 1.00 e. The van der Waals surface area contributed by atoms with E-state index in [0.717, 1.165) is 22.6 Å². The molecule has 0 spiro atoms. The Labute approximate surface area is 292 Å². The quantitative estimate of drug-likeness (QED) is 0.238. The van der Waals surface area contributed by atoms with Gasteiger partial charge < -0.3 is 12.4 Å². The van der Waals surface area contributed by atoms with Crippen molar-refractivity contribution in [2.75, 3.05) is 0 Å². The van der Waals surface area contributed by atoms with Crippen LogP contribution < -0.4 is 12.4 Å². The van der Waals surface area contributed by atoms with Crippen molar-refractivity contribution in [2.24, 2.45) is 0 Å². The molecule has 0 aromatic carbocycles. The van der Waals surface area contributed by atoms with Crippen molar-refractivity contribution in [2.45, 2.75) is 227 Å². The topological polar surface area (TPSA) is 0 Å². The van der Waals surface area contributed by atoms with E-state index in [2.05, 4.69) is 0 Å². The maximum absolute atomic E-state index is 6.77. The fourth-order valence-electron chi connectivity index (χ4n) is 8.97. The Balaban J connectivity index is 0.000000175. The minimum atomic E-state index is -1.65. The third kappa shape index (κ3) is 14.5. The summed E-state index contributed by atoms with van der Waals surface area (Å²) in [6, 6.07) is 0. The normalized spacial score (nSPS) is 26.5. The molecule has 0 amide bonds. The molecular formula is C36H67Cl4P3. The van der Waals surface area contributed by atoms with Crippen molar-refractivity contribution in [3.05, 3.63) is 0 Å². The third-order valence-electron chi connectivity index (χ3n) is 11.7. The van der Waals surface area contributed by atoms with E-state index in [9.17, 15) is 0 Å². The number of hydrogen-bond acceptors (Lipinski definition) is 0. The Bertz CT molecular complexity index is 620. The number of halogens is 4. The van der Waals surface area contributed by atoms with Gasteiger partial charge in [0.2, 0.25) is 5.97 Å². The highest BCUT2D eigenvalue weighted by molar-refractivity contribution is 8.18. The first kappa shape index (κ1) is 39.9. The van der Waals surface area contributed by atoms with Crippen LogP contribution in [0.4, 0.5) is 0 Å². The maximum atomic E-state index is 6.77. The zero-order valence-electron chi connectivity index (χ0n) is 27.6. The lowest BCUT2D eigenvalue weighted by Crippen LogP contribution is -3.00. The smallest absolute Gasteiger partial charge is 0.217 e. The zero-order chi connectivity index (χ0) is 29.5. The van der Waals surface area contributed by atoms with Gasteiger partial charge in [-0.2, -0.15) is 0 Å². The highest BCUT2D eigenvalue weighted by Gasteiger charge is 2.51. The van der Waals surface area contributed by atoms with Crippen molar-refractivity contribution in [1.82, 2.24) is 0 Å². The van der Waals surface area contributed by atoms with E-state index in [1.165, 1.54) is 176 Å². The van der Waals surface area contributed by atoms with Gasteiger partial charge in [0.1, 0.15) is 33.8 Å². The predicted octanol–water partition coefficient (Wildman–Crippen LogP) is 12.6. The second-order valence-corrected chi connectivity index (χ2v) is 26.8. The first-order valence-electron chi connectivity index (χ1n) is 19.0. The van der Waals surface area contributed by atoms with Crippen molar-refractivity contribution < 1.29 is 12.4 Å². The summed E-state index contributed by atoms with van der Waals surface area (Å²) in [4.78, 5) is 0. The van der Waals surface area contributed by atoms with E-state index in [-0.39, 0.29) is 19.7 Å². The molecule has 6 aliphatic carbocycles. The van der Waals surface area contributed by atoms with Gasteiger partial charge >= 0.3 is 0 Å². The highest BCUT2D eigenvalue weighted by Crippen LogP contribution is 2.80. The summed E-state index contributed by atoms with van der Waals surface area (Å²) in [5.74, 6) is -1.65. The van der Waals surface area contributed by atoms with Crippen molar-refractivity contribution in [3.63, 3.8) is 0 Å². The molecule has 0 saturated heterocycles. The SMILES string of the molecule is C1CCC(PC2CCCCC2)CC1.ClP(C1CCCCC1)C1CCCCC1.Cl[P+](Cl)(C1CCCCC1)C1CCCCC1.[Cl-]. The first-order valence-corrected chi connectivity index (χ1v) is 26.3. The van der Waals surface area contributed by atoms with Gasteiger partial charge in [-0.15, -0.1) is 8.58 Å². The summed E-state index contributed by atoms with van der Waals surface area (Å²) in [5, 5.41) is 0. The predicted molar refractivity (Wildman–Crippen MR) is 201 cm³/mol. The van der Waals surface area contributed by atoms with Gasteiger partial charge in [0, 0.05) is 0 Å². The fourth-order valence-corrected chi connectivity index (χ4v) is 19.7. The van der Waals surface area contributed by atoms with Crippen molar-refractivity contribution in [1.29, 1.82) is 0 Å². The monoisotopic (exact) mass is 732 g/mol. The van der Waals surface area contributed by atoms with Crippen LogP contribution in [0.5, 0.6) is 0 Å². The zero-order valence-corrected chi connectivity index (χ0v) is 33.4. The van der Waals surface area contributed by atoms with Gasteiger partial charge in [-0.25, -0.2) is 0 Å². The molecule has 0 heterocycles. The molecule has 0 nitrogen and oxygen atoms in total. The van der Waals surface area contributed by atoms with Gasteiger partial charge in [0.25, 0.3) is 0 Å². The van der Waals surface area contributed by atoms with Crippen LogP contribution in [-0.4, -0.2) is 34.0 Å². The molecule has 6 aliphatic rings. The minimum absolute atomic E-state index is 0. The lowest BCUT2D eigenvalue weighted by Gasteiger charge is -2.33. The average Bonchev–Trinajstić information content (AvgIpc) is 3.07. The van der Waals surface area contributed by atoms with Crippen LogP contribution in [0, 0.1) is 0 Å². The molecule has 254 valence electrons. The molecule has 0 unspecified atom stereocenters. The summed E-state index contributed by atoms with van der Waals surface area (Å²) < 4.78 is 0. The Morgan fingerprint density at radius 2 is 0.651 bits per heavy atom. The summed E-state index contributed by atoms with van der Waals surface area (Å²) in [5.41, 5.74) is 5.50. The van der Waals surface area contributed by atoms with Crippen LogP contribution in [0.25, 0.3) is 0 Å². The Morgan fingerprint density at radius 3 is 0.953 bits per heavy atom. The lowest BCUT2D eigenvalue weighted by molar-refractivity contribution is -0.00000850. The minimum Gasteiger partial charge on any atom is -1.00 e. The van der Waals surface area contributed by atoms with E-state index >= 15 is 0 Å². The molecule has 6 rings (SSSR count). The second kappa shape index (κ2) is 23.0. The molecule has 0 bridgehead atoms. The van der Waals surface area contributed by atoms with Crippen molar-refractivity contribution in [3.8, 4) is 0 Å². The standard InChI is InChI=1S/C12H22Cl2P.C12H22ClP.C12H23P.ClH/c13-15(14,11-7-3-1-4-8-11)12-9-5-2-6-10-12;13-14(11-7-3-1-4-8-11)12-9-5-2-6-10-12;1-3-7-11(8-4-1)13-12-9-5-2-6-10-12;/h11-12H,1-10H2;11-12H,1-10H2;11-13H,1-10H2;1H/q+1;;;/p-1. The van der Waals surface area contributed by atoms with Gasteiger partial charge in [-0.05, 0) is 133 Å². The van der Waals surface area contributed by atoms with Gasteiger partial charge in [0.05, 0.1) is 0 Å². The summed E-state index contributed by atoms with van der Waals surface area (Å²) in [6.07, 6.45) is 43.3. The van der Waals surface area contributed by atoms with Crippen LogP contribution in [0.15, 0.2) is 0 Å². The third-order valence-corrected chi connectivity index (χ3v) is 24.1. The molecule has 0 atom stereocenters. The molecule has 7 heteroatoms. The molecule has 0 aromatic heterocycles. The molecule has 0 aliphatic heterocycles. The number of rotatable bonds is 6. The van der Waals surface area contributed by atoms with E-state index in [0.29, 0.717) is 11.3 Å². The fraction of sp³-hybridized carbons (Fsp3) is 1.00. The average molecular weight is 735 g/mol. The first-order chi connectivity index (χ1) is 20.5. The molecule has 6 fully saturated rings. The molecule has 0 N–H and O–H groups in total. The van der Waals surface area contributed by atoms with Gasteiger partial charge in [-0.1, -0.05) is 101 Å². The lowest BCUT2D eigenvalue weighted by atomic mass is 10.00. The Morgan fingerprint density at radius 1 is 0.395 bits per heavy atom. The van der Waals surface area contributed by atoms with Crippen LogP contribution in [0.1, 0.15) is 193 Å². The van der Waals surface area contributed by atoms with Crippen LogP contribution in [0.2, 0.25) is 0 Å². The second-order valence-electron chi connectivity index (χ2n) is 15.0. The van der Waals surface area contributed by atoms with E-state index in [4.69, 9.17) is 33.7 Å². The molecule has 6 saturated carbocycles. The van der Waals surface area contributed by atoms with E-state index in [1.807, 2.05) is 0 Å². The van der Waals surface area contributed by atoms with Crippen molar-refractivity contribution >= 4 is 55.5 Å². The molecule has 43 heavy (non-hydrogen) atoms. The van der Waals surface area contributed by atoms with Crippen LogP contribution >= 0.6 is 55.5 Å².